The average molecular weight is 440 g/mol. The predicted octanol–water partition coefficient (Wildman–Crippen LogP) is 3.48. The van der Waals surface area contributed by atoms with E-state index in [0.29, 0.717) is 5.75 Å². The SMILES string of the molecule is C=C=C1NC(SCc2ccc(F)cc2)=NC=C1CC1=CN=C(N2CCOCC2)N(C)C1. The van der Waals surface area contributed by atoms with Crippen LogP contribution < -0.4 is 5.32 Å². The number of thioether (sulfide) groups is 1. The van der Waals surface area contributed by atoms with Gasteiger partial charge in [-0.1, -0.05) is 30.5 Å². The summed E-state index contributed by atoms with van der Waals surface area (Å²) in [5, 5.41) is 4.09. The van der Waals surface area contributed by atoms with E-state index in [4.69, 9.17) is 9.73 Å². The van der Waals surface area contributed by atoms with Gasteiger partial charge >= 0.3 is 0 Å². The van der Waals surface area contributed by atoms with Gasteiger partial charge in [-0.15, -0.1) is 5.73 Å². The van der Waals surface area contributed by atoms with Gasteiger partial charge in [0.15, 0.2) is 5.17 Å². The van der Waals surface area contributed by atoms with E-state index in [1.807, 2.05) is 12.4 Å². The van der Waals surface area contributed by atoms with Gasteiger partial charge in [-0.3, -0.25) is 0 Å². The lowest BCUT2D eigenvalue weighted by Gasteiger charge is -2.36. The Morgan fingerprint density at radius 2 is 1.97 bits per heavy atom. The Labute approximate surface area is 186 Å². The van der Waals surface area contributed by atoms with Crippen molar-refractivity contribution >= 4 is 22.9 Å². The van der Waals surface area contributed by atoms with Gasteiger partial charge in [0.1, 0.15) is 5.82 Å². The summed E-state index contributed by atoms with van der Waals surface area (Å²) in [6.07, 6.45) is 4.57. The van der Waals surface area contributed by atoms with Crippen LogP contribution in [0, 0.1) is 5.82 Å². The van der Waals surface area contributed by atoms with Crippen LogP contribution >= 0.6 is 11.8 Å². The quantitative estimate of drug-likeness (QED) is 0.728. The first-order valence-corrected chi connectivity index (χ1v) is 11.2. The first-order valence-electron chi connectivity index (χ1n) is 10.2. The maximum absolute atomic E-state index is 13.1. The molecule has 31 heavy (non-hydrogen) atoms. The normalized spacial score (nSPS) is 19.1. The molecule has 0 aromatic heterocycles. The van der Waals surface area contributed by atoms with Crippen molar-refractivity contribution in [1.82, 2.24) is 15.1 Å². The minimum atomic E-state index is -0.226. The fourth-order valence-corrected chi connectivity index (χ4v) is 4.41. The number of halogens is 1. The van der Waals surface area contributed by atoms with Crippen molar-refractivity contribution in [2.24, 2.45) is 9.98 Å². The topological polar surface area (TPSA) is 52.5 Å². The number of hydrogen-bond donors (Lipinski definition) is 1. The molecule has 1 saturated heterocycles. The highest BCUT2D eigenvalue weighted by Gasteiger charge is 2.23. The number of likely N-dealkylation sites (N-methyl/N-ethyl adjacent to an activating group) is 1. The standard InChI is InChI=1S/C23H26FN5OS/c1-3-21-19(14-25-22(27-21)31-16-17-4-6-20(24)7-5-17)12-18-13-26-23(28(2)15-18)29-8-10-30-11-9-29/h4-7,13-14H,1,8-12,15-16H2,2H3,(H,25,27). The van der Waals surface area contributed by atoms with Gasteiger partial charge in [0.25, 0.3) is 0 Å². The highest BCUT2D eigenvalue weighted by molar-refractivity contribution is 8.13. The van der Waals surface area contributed by atoms with Crippen LogP contribution in [0.1, 0.15) is 12.0 Å². The number of allylic oxidation sites excluding steroid dienone is 1. The summed E-state index contributed by atoms with van der Waals surface area (Å²) in [6, 6.07) is 6.52. The third-order valence-electron chi connectivity index (χ3n) is 5.21. The molecule has 3 heterocycles. The van der Waals surface area contributed by atoms with Crippen molar-refractivity contribution in [3.05, 3.63) is 77.2 Å². The summed E-state index contributed by atoms with van der Waals surface area (Å²) in [6.45, 7) is 7.88. The zero-order chi connectivity index (χ0) is 21.6. The van der Waals surface area contributed by atoms with Gasteiger partial charge in [0, 0.05) is 56.8 Å². The van der Waals surface area contributed by atoms with Crippen LogP contribution in [0.5, 0.6) is 0 Å². The third-order valence-corrected chi connectivity index (χ3v) is 6.17. The molecule has 0 radical (unpaired) electrons. The van der Waals surface area contributed by atoms with Gasteiger partial charge in [0.2, 0.25) is 5.96 Å². The molecule has 0 atom stereocenters. The van der Waals surface area contributed by atoms with E-state index in [1.54, 1.807) is 23.9 Å². The smallest absolute Gasteiger partial charge is 0.201 e. The summed E-state index contributed by atoms with van der Waals surface area (Å²) >= 11 is 1.56. The summed E-state index contributed by atoms with van der Waals surface area (Å²) in [5.74, 6) is 1.48. The maximum Gasteiger partial charge on any atom is 0.201 e. The van der Waals surface area contributed by atoms with Crippen LogP contribution in [0.4, 0.5) is 4.39 Å². The van der Waals surface area contributed by atoms with E-state index in [1.165, 1.54) is 17.7 Å². The molecular formula is C23H26FN5OS. The lowest BCUT2D eigenvalue weighted by atomic mass is 10.0. The molecule has 4 rings (SSSR count). The molecule has 1 aromatic rings. The zero-order valence-electron chi connectivity index (χ0n) is 17.6. The number of nitrogens with zero attached hydrogens (tertiary/aromatic N) is 4. The van der Waals surface area contributed by atoms with E-state index in [0.717, 1.165) is 67.2 Å². The molecule has 0 spiro atoms. The number of rotatable bonds is 4. The largest absolute Gasteiger partial charge is 0.378 e. The Bertz CT molecular complexity index is 986. The Morgan fingerprint density at radius 1 is 1.19 bits per heavy atom. The van der Waals surface area contributed by atoms with Crippen molar-refractivity contribution in [3.63, 3.8) is 0 Å². The van der Waals surface area contributed by atoms with Gasteiger partial charge in [-0.25, -0.2) is 14.4 Å². The number of ether oxygens (including phenoxy) is 1. The first-order chi connectivity index (χ1) is 15.1. The molecule has 1 aromatic carbocycles. The fourth-order valence-electron chi connectivity index (χ4n) is 3.61. The average Bonchev–Trinajstić information content (AvgIpc) is 2.80. The molecule has 3 aliphatic heterocycles. The lowest BCUT2D eigenvalue weighted by Crippen LogP contribution is -2.49. The van der Waals surface area contributed by atoms with E-state index in [9.17, 15) is 4.39 Å². The molecule has 0 bridgehead atoms. The number of aliphatic imine (C=N–C) groups is 2. The summed E-state index contributed by atoms with van der Waals surface area (Å²) in [7, 11) is 2.07. The summed E-state index contributed by atoms with van der Waals surface area (Å²) in [5.41, 5.74) is 7.11. The van der Waals surface area contributed by atoms with Crippen molar-refractivity contribution in [1.29, 1.82) is 0 Å². The van der Waals surface area contributed by atoms with Gasteiger partial charge in [-0.2, -0.15) is 0 Å². The predicted molar refractivity (Wildman–Crippen MR) is 124 cm³/mol. The number of benzene rings is 1. The Kier molecular flexibility index (Phi) is 6.92. The molecule has 0 amide bonds. The fraction of sp³-hybridized carbons (Fsp3) is 0.348. The summed E-state index contributed by atoms with van der Waals surface area (Å²) < 4.78 is 18.5. The maximum atomic E-state index is 13.1. The highest BCUT2D eigenvalue weighted by Crippen LogP contribution is 2.25. The summed E-state index contributed by atoms with van der Waals surface area (Å²) in [4.78, 5) is 13.7. The van der Waals surface area contributed by atoms with Crippen LogP contribution in [0.25, 0.3) is 0 Å². The van der Waals surface area contributed by atoms with Crippen molar-refractivity contribution in [3.8, 4) is 0 Å². The zero-order valence-corrected chi connectivity index (χ0v) is 18.4. The van der Waals surface area contributed by atoms with Crippen LogP contribution in [0.3, 0.4) is 0 Å². The van der Waals surface area contributed by atoms with Crippen molar-refractivity contribution < 1.29 is 9.13 Å². The van der Waals surface area contributed by atoms with E-state index in [-0.39, 0.29) is 5.82 Å². The Hall–Kier alpha value is -2.80. The second kappa shape index (κ2) is 10.0. The molecule has 0 aliphatic carbocycles. The van der Waals surface area contributed by atoms with Crippen LogP contribution in [0.2, 0.25) is 0 Å². The molecule has 8 heteroatoms. The number of hydrogen-bond acceptors (Lipinski definition) is 7. The third kappa shape index (κ3) is 5.47. The Balaban J connectivity index is 1.40. The number of morpholine rings is 1. The number of amidine groups is 1. The van der Waals surface area contributed by atoms with Crippen LogP contribution in [0.15, 0.2) is 75.8 Å². The number of nitrogens with one attached hydrogen (secondary N) is 1. The molecule has 0 unspecified atom stereocenters. The van der Waals surface area contributed by atoms with Gasteiger partial charge in [-0.05, 0) is 23.3 Å². The van der Waals surface area contributed by atoms with Gasteiger partial charge in [0.05, 0.1) is 18.9 Å². The minimum absolute atomic E-state index is 0.226. The monoisotopic (exact) mass is 439 g/mol. The van der Waals surface area contributed by atoms with Crippen LogP contribution in [-0.2, 0) is 10.5 Å². The molecule has 1 fully saturated rings. The van der Waals surface area contributed by atoms with Crippen molar-refractivity contribution in [2.45, 2.75) is 12.2 Å². The van der Waals surface area contributed by atoms with E-state index >= 15 is 0 Å². The van der Waals surface area contributed by atoms with E-state index in [2.05, 4.69) is 39.5 Å². The van der Waals surface area contributed by atoms with Crippen LogP contribution in [-0.4, -0.2) is 60.8 Å². The molecule has 0 saturated carbocycles. The van der Waals surface area contributed by atoms with Crippen molar-refractivity contribution in [2.75, 3.05) is 39.9 Å². The molecule has 1 N–H and O–H groups in total. The number of guanidine groups is 1. The molecule has 6 nitrogen and oxygen atoms in total. The molecule has 162 valence electrons. The lowest BCUT2D eigenvalue weighted by molar-refractivity contribution is 0.0631. The van der Waals surface area contributed by atoms with Gasteiger partial charge < -0.3 is 19.9 Å². The second-order valence-electron chi connectivity index (χ2n) is 7.53. The molecule has 3 aliphatic rings. The minimum Gasteiger partial charge on any atom is -0.378 e. The first kappa shape index (κ1) is 21.4. The Morgan fingerprint density at radius 3 is 2.68 bits per heavy atom. The molecular weight excluding hydrogens is 413 g/mol. The highest BCUT2D eigenvalue weighted by atomic mass is 32.2. The second-order valence-corrected chi connectivity index (χ2v) is 8.49. The van der Waals surface area contributed by atoms with E-state index < -0.39 is 0 Å².